The molecular weight excluding hydrogens is 544 g/mol. The minimum atomic E-state index is -4.77. The maximum Gasteiger partial charge on any atom is 0.318 e. The van der Waals surface area contributed by atoms with E-state index in [4.69, 9.17) is 13.0 Å². The molecule has 5 N–H and O–H groups in total. The van der Waals surface area contributed by atoms with Crippen LogP contribution in [0.25, 0.3) is 0 Å². The Hall–Kier alpha value is -1.95. The number of cyclic esters (lactones) is 1. The molecule has 0 aromatic carbocycles. The molecule has 1 saturated heterocycles. The second-order valence-electron chi connectivity index (χ2n) is 7.16. The van der Waals surface area contributed by atoms with Gasteiger partial charge in [0, 0.05) is 0 Å². The van der Waals surface area contributed by atoms with Crippen molar-refractivity contribution in [3.05, 3.63) is 12.3 Å². The Balaban J connectivity index is -0.0000000853. The molecule has 1 amide bonds. The number of quaternary nitrogens is 2. The highest BCUT2D eigenvalue weighted by atomic mass is 32.2. The van der Waals surface area contributed by atoms with Crippen molar-refractivity contribution in [1.29, 1.82) is 0 Å². The summed E-state index contributed by atoms with van der Waals surface area (Å²) < 4.78 is 61.4. The van der Waals surface area contributed by atoms with Crippen molar-refractivity contribution in [3.8, 4) is 0 Å². The lowest BCUT2D eigenvalue weighted by molar-refractivity contribution is -0.894. The van der Waals surface area contributed by atoms with Crippen LogP contribution in [0, 0.1) is 0 Å². The first-order valence-electron chi connectivity index (χ1n) is 11.3. The second-order valence-corrected chi connectivity index (χ2v) is 9.26. The third-order valence-corrected chi connectivity index (χ3v) is 4.73. The molecule has 16 heteroatoms. The molecule has 0 aromatic rings. The molecule has 0 atom stereocenters. The van der Waals surface area contributed by atoms with Crippen molar-refractivity contribution in [2.45, 2.75) is 76.2 Å². The monoisotopic (exact) mass is 596 g/mol. The van der Waals surface area contributed by atoms with Crippen LogP contribution in [0.15, 0.2) is 12.3 Å². The minimum Gasteiger partial charge on any atom is -0.736 e. The van der Waals surface area contributed by atoms with E-state index in [-0.39, 0.29) is 20.8 Å². The number of hydrogen-bond donors (Lipinski definition) is 4. The summed E-state index contributed by atoms with van der Waals surface area (Å²) in [7, 11) is -9.19. The average molecular weight is 597 g/mol. The molecule has 0 radical (unpaired) electrons. The van der Waals surface area contributed by atoms with E-state index in [2.05, 4.69) is 58.0 Å². The summed E-state index contributed by atoms with van der Waals surface area (Å²) in [6, 6.07) is 0. The number of nitrogens with two attached hydrogens (primary N) is 1. The quantitative estimate of drug-likeness (QED) is 0.137. The lowest BCUT2D eigenvalue weighted by Crippen LogP contribution is -3.11. The molecule has 1 aliphatic rings. The third kappa shape index (κ3) is 50.8. The van der Waals surface area contributed by atoms with Crippen LogP contribution in [0.3, 0.4) is 0 Å². The van der Waals surface area contributed by atoms with E-state index in [1.54, 1.807) is 9.80 Å². The number of hydrogen-bond acceptors (Lipinski definition) is 10. The van der Waals surface area contributed by atoms with E-state index in [0.29, 0.717) is 12.2 Å². The summed E-state index contributed by atoms with van der Waals surface area (Å²) in [5.74, 6) is -1.20. The fourth-order valence-corrected chi connectivity index (χ4v) is 2.57. The van der Waals surface area contributed by atoms with Crippen LogP contribution >= 0.6 is 0 Å². The molecule has 1 aliphatic heterocycles. The standard InChI is InChI=1S/2C6H15N.C4H7NO5S.C4H4O2.2CH4.H3NO3S/c2*1-4-7(5-2)6-3;1-3(6)2-4(7)5-11(8,9)10;1-3-2-4(5)6-3;;;1-5(2,3)4/h2*4-6H2,1-3H3;2H2,1H3,(H,5,7)(H,8,9,10);1-2H2;2*1H4;(H3,1,2,3,4). The Morgan fingerprint density at radius 1 is 0.895 bits per heavy atom. The van der Waals surface area contributed by atoms with Crippen LogP contribution in [0.1, 0.15) is 76.2 Å². The van der Waals surface area contributed by atoms with Gasteiger partial charge in [0.2, 0.25) is 5.91 Å². The van der Waals surface area contributed by atoms with E-state index >= 15 is 0 Å². The van der Waals surface area contributed by atoms with Gasteiger partial charge in [-0.25, -0.2) is 22.0 Å². The van der Waals surface area contributed by atoms with Crippen LogP contribution in [-0.4, -0.2) is 82.9 Å². The first-order valence-corrected chi connectivity index (χ1v) is 14.2. The zero-order valence-corrected chi connectivity index (χ0v) is 24.0. The van der Waals surface area contributed by atoms with E-state index < -0.39 is 38.7 Å². The van der Waals surface area contributed by atoms with Crippen molar-refractivity contribution in [2.24, 2.45) is 5.14 Å². The summed E-state index contributed by atoms with van der Waals surface area (Å²) in [6.07, 6.45) is -0.179. The normalized spacial score (nSPS) is 11.5. The van der Waals surface area contributed by atoms with Crippen LogP contribution in [0.2, 0.25) is 0 Å². The molecule has 14 nitrogen and oxygen atoms in total. The number of ether oxygens (including phenoxy) is 1. The molecule has 0 spiro atoms. The summed E-state index contributed by atoms with van der Waals surface area (Å²) in [5, 5.41) is 3.77. The second kappa shape index (κ2) is 28.1. The van der Waals surface area contributed by atoms with Gasteiger partial charge >= 0.3 is 5.97 Å². The van der Waals surface area contributed by atoms with Crippen molar-refractivity contribution in [2.75, 3.05) is 39.3 Å². The van der Waals surface area contributed by atoms with Crippen LogP contribution in [0.5, 0.6) is 0 Å². The topological polar surface area (TPSA) is 222 Å². The average Bonchev–Trinajstić information content (AvgIpc) is 2.68. The molecule has 1 fully saturated rings. The number of ketones is 1. The van der Waals surface area contributed by atoms with Crippen LogP contribution < -0.4 is 19.7 Å². The minimum absolute atomic E-state index is 0. The zero-order chi connectivity index (χ0) is 29.5. The van der Waals surface area contributed by atoms with E-state index in [1.165, 1.54) is 39.3 Å². The lowest BCUT2D eigenvalue weighted by atomic mass is 10.3. The van der Waals surface area contributed by atoms with Gasteiger partial charge in [-0.15, -0.1) is 0 Å². The molecule has 1 rings (SSSR count). The highest BCUT2D eigenvalue weighted by molar-refractivity contribution is 7.84. The van der Waals surface area contributed by atoms with Crippen molar-refractivity contribution < 1.29 is 54.9 Å². The predicted octanol–water partition coefficient (Wildman–Crippen LogP) is -1.47. The maximum atomic E-state index is 10.4. The van der Waals surface area contributed by atoms with E-state index in [1.807, 2.05) is 0 Å². The van der Waals surface area contributed by atoms with Crippen LogP contribution in [-0.2, 0) is 39.7 Å². The van der Waals surface area contributed by atoms with Crippen molar-refractivity contribution in [3.63, 3.8) is 0 Å². The number of carbonyl (C=O) groups excluding carboxylic acids is 3. The van der Waals surface area contributed by atoms with Gasteiger partial charge in [-0.2, -0.15) is 0 Å². The smallest absolute Gasteiger partial charge is 0.318 e. The van der Waals surface area contributed by atoms with Crippen LogP contribution in [0.4, 0.5) is 0 Å². The molecule has 0 aromatic heterocycles. The number of nitrogens with one attached hydrogen (secondary N) is 3. The van der Waals surface area contributed by atoms with E-state index in [9.17, 15) is 27.4 Å². The molecule has 0 bridgehead atoms. The van der Waals surface area contributed by atoms with Gasteiger partial charge in [-0.1, -0.05) is 21.4 Å². The van der Waals surface area contributed by atoms with Gasteiger partial charge < -0.3 is 23.6 Å². The van der Waals surface area contributed by atoms with Gasteiger partial charge in [0.1, 0.15) is 18.0 Å². The van der Waals surface area contributed by atoms with Crippen molar-refractivity contribution in [1.82, 2.24) is 4.72 Å². The van der Waals surface area contributed by atoms with Gasteiger partial charge in [0.05, 0.1) is 45.7 Å². The molecule has 0 aliphatic carbocycles. The highest BCUT2D eigenvalue weighted by Crippen LogP contribution is 2.13. The number of Topliss-reactive ketones (excluding diaryl/α,β-unsaturated/α-hetero) is 1. The fourth-order valence-electron chi connectivity index (χ4n) is 2.22. The predicted molar refractivity (Wildman–Crippen MR) is 146 cm³/mol. The largest absolute Gasteiger partial charge is 0.736 e. The molecule has 1 heterocycles. The summed E-state index contributed by atoms with van der Waals surface area (Å²) in [6.45, 7) is 25.4. The number of carbonyl (C=O) groups is 3. The Kier molecular flexibility index (Phi) is 36.2. The number of amides is 1. The molecular formula is C22H52N4O10S2. The fraction of sp³-hybridized carbons (Fsp3) is 0.773. The first kappa shape index (κ1) is 49.0. The van der Waals surface area contributed by atoms with Gasteiger partial charge in [-0.05, 0) is 48.5 Å². The molecule has 232 valence electrons. The molecule has 0 unspecified atom stereocenters. The summed E-state index contributed by atoms with van der Waals surface area (Å²) in [4.78, 5) is 33.7. The molecule has 38 heavy (non-hydrogen) atoms. The Morgan fingerprint density at radius 2 is 1.16 bits per heavy atom. The van der Waals surface area contributed by atoms with Gasteiger partial charge in [0.15, 0.2) is 20.6 Å². The summed E-state index contributed by atoms with van der Waals surface area (Å²) in [5.41, 5.74) is 0. The van der Waals surface area contributed by atoms with E-state index in [0.717, 1.165) is 11.6 Å². The Labute approximate surface area is 230 Å². The zero-order valence-electron chi connectivity index (χ0n) is 22.3. The highest BCUT2D eigenvalue weighted by Gasteiger charge is 2.17. The maximum absolute atomic E-state index is 10.4. The number of rotatable bonds is 9. The Morgan fingerprint density at radius 3 is 1.24 bits per heavy atom. The van der Waals surface area contributed by atoms with Gasteiger partial charge in [0.25, 0.3) is 0 Å². The van der Waals surface area contributed by atoms with Gasteiger partial charge in [-0.3, -0.25) is 19.1 Å². The first-order chi connectivity index (χ1) is 16.3. The number of esters is 1. The third-order valence-electron chi connectivity index (χ3n) is 4.25. The van der Waals surface area contributed by atoms with Crippen molar-refractivity contribution >= 4 is 38.3 Å². The Bertz CT molecular complexity index is 787. The lowest BCUT2D eigenvalue weighted by Gasteiger charge is -2.12. The molecule has 0 saturated carbocycles. The summed E-state index contributed by atoms with van der Waals surface area (Å²) >= 11 is 0. The SMILES string of the molecule is C.C.C=C1CC(=O)O1.CC(=O)CC(=O)NS(=O)(=O)[O-].CC[NH+](CC)CC.CC[NH+](CC)CC.NS(=O)(=O)[O-].